The van der Waals surface area contributed by atoms with Gasteiger partial charge in [0, 0.05) is 0 Å². The molecule has 4 aromatic carbocycles. The Hall–Kier alpha value is -7.64. The van der Waals surface area contributed by atoms with Gasteiger partial charge in [0.2, 0.25) is 46.1 Å². The summed E-state index contributed by atoms with van der Waals surface area (Å²) in [4.78, 5) is 54.5. The molecule has 0 saturated heterocycles. The van der Waals surface area contributed by atoms with Gasteiger partial charge in [-0.2, -0.15) is 0 Å². The lowest BCUT2D eigenvalue weighted by Gasteiger charge is -2.20. The molecule has 0 radical (unpaired) electrons. The van der Waals surface area contributed by atoms with Gasteiger partial charge in [-0.15, -0.1) is 0 Å². The fourth-order valence-electron chi connectivity index (χ4n) is 5.01. The smallest absolute Gasteiger partial charge is 0.208 e. The minimum Gasteiger partial charge on any atom is -0.506 e. The van der Waals surface area contributed by atoms with E-state index in [9.17, 15) is 101 Å². The minimum atomic E-state index is -2.15. The molecule has 20 nitrogen and oxygen atoms in total. The first-order valence-corrected chi connectivity index (χ1v) is 12.4. The number of ketones is 4. The molecule has 1 aliphatic rings. The molecule has 48 heavy (non-hydrogen) atoms. The standard InChI is InChI=1S/C28H16O20/c29-9-1-13(33)3-10(30)4(20(40)26(46)19(3)39)15(35)7-12(32)8(24(44)28(48)23(7)43)16(36)6-11(31)5(21(41)27(47)22(6)42)14(34)2(9)18(38)25(45)17(1)37/h29-32,37-48H. The number of carbonyl (C=O) groups excluding carboxylic acids is 4. The van der Waals surface area contributed by atoms with E-state index in [-0.39, 0.29) is 0 Å². The zero-order chi connectivity index (χ0) is 36.2. The second-order valence-corrected chi connectivity index (χ2v) is 9.89. The van der Waals surface area contributed by atoms with Gasteiger partial charge in [0.15, 0.2) is 46.0 Å². The van der Waals surface area contributed by atoms with Crippen molar-refractivity contribution in [2.45, 2.75) is 0 Å². The number of phenols is 16. The molecule has 20 heteroatoms. The second-order valence-electron chi connectivity index (χ2n) is 9.89. The van der Waals surface area contributed by atoms with Crippen molar-refractivity contribution in [2.75, 3.05) is 0 Å². The number of hydrogen-bond acceptors (Lipinski definition) is 20. The fraction of sp³-hybridized carbons (Fsp3) is 0. The van der Waals surface area contributed by atoms with E-state index in [4.69, 9.17) is 0 Å². The predicted molar refractivity (Wildman–Crippen MR) is 146 cm³/mol. The van der Waals surface area contributed by atoms with Crippen LogP contribution >= 0.6 is 0 Å². The molecule has 0 heterocycles. The van der Waals surface area contributed by atoms with Gasteiger partial charge in [-0.3, -0.25) is 19.2 Å². The number of hydrogen-bond donors (Lipinski definition) is 16. The summed E-state index contributed by atoms with van der Waals surface area (Å²) >= 11 is 0. The molecule has 8 bridgehead atoms. The minimum absolute atomic E-state index is 1.76. The van der Waals surface area contributed by atoms with Gasteiger partial charge < -0.3 is 81.7 Å². The summed E-state index contributed by atoms with van der Waals surface area (Å²) in [6, 6.07) is 0. The van der Waals surface area contributed by atoms with E-state index in [2.05, 4.69) is 0 Å². The van der Waals surface area contributed by atoms with E-state index in [0.717, 1.165) is 0 Å². The Balaban J connectivity index is 2.13. The third kappa shape index (κ3) is 3.70. The van der Waals surface area contributed by atoms with Crippen molar-refractivity contribution in [1.82, 2.24) is 0 Å². The van der Waals surface area contributed by atoms with E-state index in [1.54, 1.807) is 0 Å². The van der Waals surface area contributed by atoms with Crippen molar-refractivity contribution in [2.24, 2.45) is 0 Å². The van der Waals surface area contributed by atoms with Crippen molar-refractivity contribution in [3.8, 4) is 92.0 Å². The van der Waals surface area contributed by atoms with E-state index in [1.165, 1.54) is 0 Å². The first-order chi connectivity index (χ1) is 22.2. The highest BCUT2D eigenvalue weighted by Gasteiger charge is 2.43. The van der Waals surface area contributed by atoms with E-state index in [1.807, 2.05) is 0 Å². The summed E-state index contributed by atoms with van der Waals surface area (Å²) in [5.41, 5.74) is -14.1. The summed E-state index contributed by atoms with van der Waals surface area (Å²) in [6.45, 7) is 0. The summed E-state index contributed by atoms with van der Waals surface area (Å²) in [5.74, 6) is -38.4. The molecule has 0 amide bonds. The Morgan fingerprint density at radius 2 is 0.271 bits per heavy atom. The number of rotatable bonds is 0. The summed E-state index contributed by atoms with van der Waals surface area (Å²) in [6.07, 6.45) is 0. The molecule has 0 aliphatic heterocycles. The van der Waals surface area contributed by atoms with Crippen LogP contribution in [0, 0.1) is 0 Å². The van der Waals surface area contributed by atoms with Crippen molar-refractivity contribution in [3.05, 3.63) is 44.5 Å². The van der Waals surface area contributed by atoms with Crippen LogP contribution in [0.3, 0.4) is 0 Å². The summed E-state index contributed by atoms with van der Waals surface area (Å²) in [5, 5.41) is 169. The Labute approximate surface area is 260 Å². The molecule has 5 rings (SSSR count). The Morgan fingerprint density at radius 3 is 0.375 bits per heavy atom. The molecule has 0 atom stereocenters. The quantitative estimate of drug-likeness (QED) is 0.0771. The molecule has 248 valence electrons. The number of fused-ring (bicyclic) bond motifs is 8. The SMILES string of the molecule is O=C1c2c(O)c(O)c(O)c(c2O)C(=O)c2c(O)c(O)c(O)c(c2O)C(=O)c2c(O)c(O)c(O)c(c2O)C(=O)c2c(O)c(O)c(O)c1c2O. The number of phenolic OH excluding ortho intramolecular Hbond substituents is 16. The largest absolute Gasteiger partial charge is 0.506 e. The van der Waals surface area contributed by atoms with Crippen LogP contribution in [0.4, 0.5) is 0 Å². The molecular weight excluding hydrogens is 656 g/mol. The second kappa shape index (κ2) is 9.93. The first kappa shape index (κ1) is 31.8. The lowest BCUT2D eigenvalue weighted by Crippen LogP contribution is -2.14. The molecule has 4 aromatic rings. The van der Waals surface area contributed by atoms with Crippen LogP contribution in [-0.4, -0.2) is 105 Å². The molecule has 16 N–H and O–H groups in total. The van der Waals surface area contributed by atoms with Crippen LogP contribution in [0.5, 0.6) is 92.0 Å². The van der Waals surface area contributed by atoms with Gasteiger partial charge in [-0.1, -0.05) is 0 Å². The average molecular weight is 672 g/mol. The predicted octanol–water partition coefficient (Wildman–Crippen LogP) is 0.214. The topological polar surface area (TPSA) is 392 Å². The van der Waals surface area contributed by atoms with Gasteiger partial charge in [-0.25, -0.2) is 0 Å². The molecule has 0 aromatic heterocycles. The van der Waals surface area contributed by atoms with E-state index >= 15 is 0 Å². The van der Waals surface area contributed by atoms with Crippen molar-refractivity contribution in [3.63, 3.8) is 0 Å². The maximum atomic E-state index is 13.6. The third-order valence-corrected chi connectivity index (χ3v) is 7.40. The van der Waals surface area contributed by atoms with E-state index < -0.39 is 160 Å². The molecule has 0 saturated carbocycles. The van der Waals surface area contributed by atoms with Gasteiger partial charge in [0.25, 0.3) is 0 Å². The van der Waals surface area contributed by atoms with Crippen molar-refractivity contribution < 1.29 is 101 Å². The lowest BCUT2D eigenvalue weighted by atomic mass is 9.86. The van der Waals surface area contributed by atoms with Crippen molar-refractivity contribution >= 4 is 23.1 Å². The lowest BCUT2D eigenvalue weighted by molar-refractivity contribution is 0.101. The summed E-state index contributed by atoms with van der Waals surface area (Å²) in [7, 11) is 0. The van der Waals surface area contributed by atoms with Gasteiger partial charge in [0.05, 0.1) is 0 Å². The monoisotopic (exact) mass is 672 g/mol. The molecule has 0 spiro atoms. The van der Waals surface area contributed by atoms with Gasteiger partial charge >= 0.3 is 0 Å². The first-order valence-electron chi connectivity index (χ1n) is 12.4. The van der Waals surface area contributed by atoms with Crippen LogP contribution in [0.25, 0.3) is 0 Å². The zero-order valence-corrected chi connectivity index (χ0v) is 22.8. The fourth-order valence-corrected chi connectivity index (χ4v) is 5.01. The van der Waals surface area contributed by atoms with Crippen LogP contribution in [-0.2, 0) is 0 Å². The molecule has 0 unspecified atom stereocenters. The number of aromatic hydroxyl groups is 16. The molecular formula is C28H16O20. The maximum Gasteiger partial charge on any atom is 0.208 e. The normalized spacial score (nSPS) is 12.8. The number of carbonyl (C=O) groups is 4. The Kier molecular flexibility index (Phi) is 6.58. The average Bonchev–Trinajstić information content (AvgIpc) is 3.00. The van der Waals surface area contributed by atoms with Crippen LogP contribution < -0.4 is 0 Å². The zero-order valence-electron chi connectivity index (χ0n) is 22.8. The highest BCUT2D eigenvalue weighted by atomic mass is 16.4. The van der Waals surface area contributed by atoms with Crippen LogP contribution in [0.2, 0.25) is 0 Å². The van der Waals surface area contributed by atoms with Crippen molar-refractivity contribution in [1.29, 1.82) is 0 Å². The summed E-state index contributed by atoms with van der Waals surface area (Å²) < 4.78 is 0. The van der Waals surface area contributed by atoms with Crippen LogP contribution in [0.15, 0.2) is 0 Å². The maximum absolute atomic E-state index is 13.6. The Morgan fingerprint density at radius 1 is 0.167 bits per heavy atom. The highest BCUT2D eigenvalue weighted by molar-refractivity contribution is 6.27. The van der Waals surface area contributed by atoms with Crippen LogP contribution in [0.1, 0.15) is 63.7 Å². The molecule has 0 fully saturated rings. The van der Waals surface area contributed by atoms with Gasteiger partial charge in [-0.05, 0) is 0 Å². The third-order valence-electron chi connectivity index (χ3n) is 7.40. The highest BCUT2D eigenvalue weighted by Crippen LogP contribution is 2.57. The molecule has 1 aliphatic carbocycles. The Bertz CT molecular complexity index is 1810. The van der Waals surface area contributed by atoms with Gasteiger partial charge in [0.1, 0.15) is 67.5 Å². The number of benzene rings is 4. The van der Waals surface area contributed by atoms with E-state index in [0.29, 0.717) is 0 Å².